The van der Waals surface area contributed by atoms with Crippen molar-refractivity contribution < 1.29 is 28.1 Å². The van der Waals surface area contributed by atoms with Crippen molar-refractivity contribution in [2.24, 2.45) is 0 Å². The van der Waals surface area contributed by atoms with E-state index in [1.165, 1.54) is 0 Å². The first-order valence-electron chi connectivity index (χ1n) is 23.3. The summed E-state index contributed by atoms with van der Waals surface area (Å²) in [6, 6.07) is 9.41. The molecule has 13 heteroatoms. The van der Waals surface area contributed by atoms with Gasteiger partial charge in [0.1, 0.15) is 43.1 Å². The Labute approximate surface area is 385 Å². The fourth-order valence-electron chi connectivity index (χ4n) is 11.7. The van der Waals surface area contributed by atoms with Crippen LogP contribution in [0.3, 0.4) is 0 Å². The molecule has 0 N–H and O–H groups in total. The van der Waals surface area contributed by atoms with Gasteiger partial charge < -0.3 is 23.8 Å². The molecule has 346 valence electrons. The Bertz CT molecular complexity index is 2550. The summed E-state index contributed by atoms with van der Waals surface area (Å²) >= 11 is 0. The number of anilines is 1. The molecule has 0 saturated carbocycles. The highest BCUT2D eigenvalue weighted by Gasteiger charge is 2.50. The van der Waals surface area contributed by atoms with Gasteiger partial charge in [-0.1, -0.05) is 83.9 Å². The van der Waals surface area contributed by atoms with Crippen molar-refractivity contribution in [2.75, 3.05) is 45.0 Å². The molecule has 11 nitrogen and oxygen atoms in total. The van der Waals surface area contributed by atoms with Gasteiger partial charge in [0.2, 0.25) is 0 Å². The number of methoxy groups -OCH3 is 1. The lowest BCUT2D eigenvalue weighted by Gasteiger charge is -2.46. The van der Waals surface area contributed by atoms with Crippen molar-refractivity contribution in [3.8, 4) is 34.5 Å². The van der Waals surface area contributed by atoms with E-state index in [0.29, 0.717) is 52.3 Å². The van der Waals surface area contributed by atoms with E-state index in [0.717, 1.165) is 66.3 Å². The van der Waals surface area contributed by atoms with Crippen LogP contribution in [-0.4, -0.2) is 108 Å². The molecule has 4 fully saturated rings. The molecule has 0 aliphatic carbocycles. The second-order valence-electron chi connectivity index (χ2n) is 20.9. The molecule has 4 aliphatic heterocycles. The predicted molar refractivity (Wildman–Crippen MR) is 260 cm³/mol. The van der Waals surface area contributed by atoms with Crippen LogP contribution in [0.25, 0.3) is 32.9 Å². The van der Waals surface area contributed by atoms with Crippen molar-refractivity contribution in [3.63, 3.8) is 0 Å². The van der Waals surface area contributed by atoms with E-state index >= 15 is 4.39 Å². The number of pyridine rings is 1. The Kier molecular flexibility index (Phi) is 12.6. The Morgan fingerprint density at radius 1 is 1.00 bits per heavy atom. The number of hydrogen-bond donors (Lipinski definition) is 0. The standard InChI is InChI=1S/C52H67FN6O5Si/c1-31(2)65(32(3)4,33(5)6)20-19-37-15-14-16-38-21-40(63-30-61-13)22-41(44(37)38)46-45(53)47-42(25-54-46)48(56-49(55-47)62-29-52-23-34(7)26-57(52)27-35(8)24-52)58-28-39-17-18-43(36(58)9)59(39)50(60)64-51(10,11)12/h14-16,21-22,25,31-33,36,39,43H,7-8,17-18,23-24,26-30H2,1-6,9-13H3/t36-,39-,43+/m1/s1. The van der Waals surface area contributed by atoms with Gasteiger partial charge in [0.05, 0.1) is 23.0 Å². The highest BCUT2D eigenvalue weighted by atomic mass is 28.3. The second kappa shape index (κ2) is 17.6. The molecule has 4 aromatic rings. The molecule has 8 rings (SSSR count). The summed E-state index contributed by atoms with van der Waals surface area (Å²) in [7, 11) is -0.567. The van der Waals surface area contributed by atoms with Gasteiger partial charge in [-0.25, -0.2) is 9.18 Å². The van der Waals surface area contributed by atoms with E-state index in [1.807, 2.05) is 56.0 Å². The number of ether oxygens (including phenoxy) is 4. The molecule has 0 unspecified atom stereocenters. The van der Waals surface area contributed by atoms with Gasteiger partial charge >= 0.3 is 12.1 Å². The van der Waals surface area contributed by atoms with Crippen LogP contribution >= 0.6 is 0 Å². The first-order chi connectivity index (χ1) is 30.8. The van der Waals surface area contributed by atoms with Crippen molar-refractivity contribution >= 4 is 41.7 Å². The molecule has 0 spiro atoms. The monoisotopic (exact) mass is 902 g/mol. The number of carbonyl (C=O) groups excluding carboxylic acids is 1. The molecular formula is C52H67FN6O5Si. The van der Waals surface area contributed by atoms with Crippen molar-refractivity contribution in [1.29, 1.82) is 0 Å². The molecule has 2 aromatic heterocycles. The van der Waals surface area contributed by atoms with Crippen molar-refractivity contribution in [3.05, 3.63) is 72.2 Å². The maximum atomic E-state index is 18.0. The number of rotatable bonds is 11. The Morgan fingerprint density at radius 3 is 2.34 bits per heavy atom. The first kappa shape index (κ1) is 46.5. The van der Waals surface area contributed by atoms with Crippen LogP contribution in [0.5, 0.6) is 11.8 Å². The molecule has 2 bridgehead atoms. The maximum absolute atomic E-state index is 18.0. The van der Waals surface area contributed by atoms with Gasteiger partial charge in [-0.05, 0) is 93.6 Å². The third kappa shape index (κ3) is 8.51. The van der Waals surface area contributed by atoms with Crippen LogP contribution in [-0.2, 0) is 9.47 Å². The van der Waals surface area contributed by atoms with Crippen LogP contribution in [0.1, 0.15) is 100 Å². The van der Waals surface area contributed by atoms with E-state index < -0.39 is 19.5 Å². The average Bonchev–Trinajstić information content (AvgIpc) is 3.85. The summed E-state index contributed by atoms with van der Waals surface area (Å²) in [4.78, 5) is 35.0. The number of hydrogen-bond acceptors (Lipinski definition) is 10. The lowest BCUT2D eigenvalue weighted by atomic mass is 9.92. The number of piperazine rings is 1. The van der Waals surface area contributed by atoms with E-state index in [1.54, 1.807) is 13.3 Å². The quantitative estimate of drug-likeness (QED) is 0.0626. The molecule has 65 heavy (non-hydrogen) atoms. The molecule has 1 amide bonds. The van der Waals surface area contributed by atoms with E-state index in [4.69, 9.17) is 33.9 Å². The summed E-state index contributed by atoms with van der Waals surface area (Å²) in [5.41, 5.74) is 8.08. The summed E-state index contributed by atoms with van der Waals surface area (Å²) in [6.45, 7) is 32.5. The highest BCUT2D eigenvalue weighted by Crippen LogP contribution is 2.46. The topological polar surface area (TPSA) is 102 Å². The molecule has 4 aliphatic rings. The second-order valence-corrected chi connectivity index (χ2v) is 26.5. The summed E-state index contributed by atoms with van der Waals surface area (Å²) in [5.74, 6) is 4.08. The van der Waals surface area contributed by atoms with E-state index in [-0.39, 0.29) is 53.8 Å². The Morgan fingerprint density at radius 2 is 1.69 bits per heavy atom. The summed E-state index contributed by atoms with van der Waals surface area (Å²) < 4.78 is 41.9. The zero-order valence-corrected chi connectivity index (χ0v) is 41.3. The molecule has 4 saturated heterocycles. The SMILES string of the molecule is C=C1CN2CC(=C)CC2(COc2nc(N3C[C@H]4CC[C@@H]([C@H]3C)N4C(=O)OC(C)(C)C)c3cnc(-c4cc(OCOC)cc5cccc(C#C[Si](C(C)C)(C(C)C)C(C)C)c45)c(F)c3n2)C1. The zero-order valence-electron chi connectivity index (χ0n) is 40.3. The van der Waals surface area contributed by atoms with Crippen LogP contribution in [0, 0.1) is 17.3 Å². The minimum Gasteiger partial charge on any atom is -0.468 e. The van der Waals surface area contributed by atoms with Gasteiger partial charge in [-0.2, -0.15) is 9.97 Å². The van der Waals surface area contributed by atoms with E-state index in [2.05, 4.69) is 82.9 Å². The highest BCUT2D eigenvalue weighted by molar-refractivity contribution is 6.90. The van der Waals surface area contributed by atoms with Gasteiger partial charge in [0, 0.05) is 55.5 Å². The zero-order chi connectivity index (χ0) is 46.7. The normalized spacial score (nSPS) is 20.9. The third-order valence-electron chi connectivity index (χ3n) is 14.5. The summed E-state index contributed by atoms with van der Waals surface area (Å²) in [6.07, 6.45) is 4.54. The minimum absolute atomic E-state index is 0.0155. The molecule has 6 heterocycles. The molecule has 0 radical (unpaired) electrons. The average molecular weight is 903 g/mol. The van der Waals surface area contributed by atoms with Gasteiger partial charge in [-0.3, -0.25) is 14.8 Å². The van der Waals surface area contributed by atoms with Gasteiger partial charge in [0.25, 0.3) is 0 Å². The van der Waals surface area contributed by atoms with Crippen LogP contribution in [0.15, 0.2) is 60.8 Å². The van der Waals surface area contributed by atoms with Crippen molar-refractivity contribution in [2.45, 2.75) is 141 Å². The largest absolute Gasteiger partial charge is 0.468 e. The molecular weight excluding hydrogens is 836 g/mol. The number of carbonyl (C=O) groups is 1. The first-order valence-corrected chi connectivity index (χ1v) is 25.6. The van der Waals surface area contributed by atoms with Gasteiger partial charge in [-0.15, -0.1) is 5.54 Å². The number of aromatic nitrogens is 3. The predicted octanol–water partition coefficient (Wildman–Crippen LogP) is 10.9. The van der Waals surface area contributed by atoms with E-state index in [9.17, 15) is 4.79 Å². The fraction of sp³-hybridized carbons (Fsp3) is 0.538. The number of fused-ring (bicyclic) bond motifs is 5. The molecule has 3 atom stereocenters. The van der Waals surface area contributed by atoms with Crippen molar-refractivity contribution in [1.82, 2.24) is 24.8 Å². The number of nitrogens with zero attached hydrogens (tertiary/aromatic N) is 6. The number of amides is 1. The lowest BCUT2D eigenvalue weighted by molar-refractivity contribution is 0.00831. The smallest absolute Gasteiger partial charge is 0.410 e. The van der Waals surface area contributed by atoms with Crippen LogP contribution in [0.4, 0.5) is 15.0 Å². The Balaban J connectivity index is 1.29. The fourth-order valence-corrected chi connectivity index (χ4v) is 16.9. The molecule has 2 aromatic carbocycles. The summed E-state index contributed by atoms with van der Waals surface area (Å²) in [5, 5.41) is 2.08. The minimum atomic E-state index is -2.14. The van der Waals surface area contributed by atoms with Crippen LogP contribution < -0.4 is 14.4 Å². The third-order valence-corrected chi connectivity index (χ3v) is 20.8. The Hall–Kier alpha value is -5.03. The number of halogens is 1. The number of benzene rings is 2. The van der Waals surface area contributed by atoms with Gasteiger partial charge in [0.15, 0.2) is 12.6 Å². The lowest BCUT2D eigenvalue weighted by Crippen LogP contribution is -2.61. The maximum Gasteiger partial charge on any atom is 0.410 e. The van der Waals surface area contributed by atoms with Crippen LogP contribution in [0.2, 0.25) is 16.6 Å².